The Bertz CT molecular complexity index is 1490. The number of aromatic nitrogens is 5. The molecule has 0 aliphatic rings. The van der Waals surface area contributed by atoms with Crippen LogP contribution in [0.2, 0.25) is 0 Å². The average Bonchev–Trinajstić information content (AvgIpc) is 3.29. The van der Waals surface area contributed by atoms with E-state index in [9.17, 15) is 9.59 Å². The highest BCUT2D eigenvalue weighted by atomic mass is 16.2. The molecule has 0 radical (unpaired) electrons. The van der Waals surface area contributed by atoms with Gasteiger partial charge in [-0.15, -0.1) is 0 Å². The predicted molar refractivity (Wildman–Crippen MR) is 113 cm³/mol. The normalized spacial score (nSPS) is 11.5. The number of nitrogens with one attached hydrogen (secondary N) is 1. The van der Waals surface area contributed by atoms with Gasteiger partial charge in [-0.1, -0.05) is 55.5 Å². The Morgan fingerprint density at radius 1 is 1.00 bits per heavy atom. The number of aromatic amines is 1. The Morgan fingerprint density at radius 3 is 2.48 bits per heavy atom. The molecule has 0 saturated carbocycles. The van der Waals surface area contributed by atoms with Crippen LogP contribution in [0.4, 0.5) is 0 Å². The number of para-hydroxylation sites is 1. The molecule has 7 nitrogen and oxygen atoms in total. The van der Waals surface area contributed by atoms with Gasteiger partial charge in [-0.25, -0.2) is 4.79 Å². The second kappa shape index (κ2) is 6.34. The molecule has 144 valence electrons. The third-order valence-electron chi connectivity index (χ3n) is 5.31. The van der Waals surface area contributed by atoms with Gasteiger partial charge in [0.2, 0.25) is 5.78 Å². The topological polar surface area (TPSA) is 77.1 Å². The van der Waals surface area contributed by atoms with Crippen molar-refractivity contribution >= 4 is 16.9 Å². The highest BCUT2D eigenvalue weighted by molar-refractivity contribution is 5.79. The molecule has 5 rings (SSSR count). The summed E-state index contributed by atoms with van der Waals surface area (Å²) in [6, 6.07) is 18.1. The smallest absolute Gasteiger partial charge is 0.279 e. The van der Waals surface area contributed by atoms with Gasteiger partial charge in [0.05, 0.1) is 11.4 Å². The van der Waals surface area contributed by atoms with Crippen LogP contribution in [0.1, 0.15) is 12.5 Å². The van der Waals surface area contributed by atoms with E-state index in [-0.39, 0.29) is 0 Å². The summed E-state index contributed by atoms with van der Waals surface area (Å²) in [5, 5.41) is 0. The van der Waals surface area contributed by atoms with Gasteiger partial charge in [0, 0.05) is 18.8 Å². The average molecular weight is 385 g/mol. The number of benzene rings is 2. The minimum atomic E-state index is -0.480. The molecular formula is C22H19N5O2. The maximum Gasteiger partial charge on any atom is 0.329 e. The van der Waals surface area contributed by atoms with E-state index in [4.69, 9.17) is 4.98 Å². The summed E-state index contributed by atoms with van der Waals surface area (Å²) in [6.07, 6.45) is 2.76. The van der Waals surface area contributed by atoms with E-state index in [0.717, 1.165) is 28.9 Å². The van der Waals surface area contributed by atoms with Crippen molar-refractivity contribution in [1.82, 2.24) is 23.5 Å². The Labute approximate surface area is 165 Å². The summed E-state index contributed by atoms with van der Waals surface area (Å²) in [5.74, 6) is 0.589. The van der Waals surface area contributed by atoms with Crippen LogP contribution in [0.25, 0.3) is 33.9 Å². The van der Waals surface area contributed by atoms with Gasteiger partial charge in [-0.2, -0.15) is 4.98 Å². The van der Waals surface area contributed by atoms with E-state index >= 15 is 0 Å². The molecule has 2 aromatic carbocycles. The Morgan fingerprint density at radius 2 is 1.72 bits per heavy atom. The van der Waals surface area contributed by atoms with Crippen molar-refractivity contribution in [3.05, 3.63) is 87.2 Å². The fraction of sp³-hybridized carbons (Fsp3) is 0.136. The maximum absolute atomic E-state index is 12.6. The molecule has 29 heavy (non-hydrogen) atoms. The SMILES string of the molecule is CCc1ccccc1-n1c(-c2ccccc2)cn2c3c(=O)[nH]c(=O)n(C)c3nc12. The number of imidazole rings is 2. The summed E-state index contributed by atoms with van der Waals surface area (Å²) < 4.78 is 5.18. The molecular weight excluding hydrogens is 366 g/mol. The van der Waals surface area contributed by atoms with Gasteiger partial charge in [-0.05, 0) is 18.1 Å². The van der Waals surface area contributed by atoms with Gasteiger partial charge < -0.3 is 0 Å². The fourth-order valence-electron chi connectivity index (χ4n) is 3.84. The van der Waals surface area contributed by atoms with Crippen LogP contribution in [0.5, 0.6) is 0 Å². The minimum absolute atomic E-state index is 0.354. The molecule has 0 unspecified atom stereocenters. The first-order valence-electron chi connectivity index (χ1n) is 9.46. The molecule has 0 spiro atoms. The number of aryl methyl sites for hydroxylation is 2. The second-order valence-electron chi connectivity index (χ2n) is 6.97. The lowest BCUT2D eigenvalue weighted by Gasteiger charge is -2.13. The zero-order valence-corrected chi connectivity index (χ0v) is 16.1. The van der Waals surface area contributed by atoms with Crippen LogP contribution in [0.3, 0.4) is 0 Å². The molecule has 0 bridgehead atoms. The molecule has 1 N–H and O–H groups in total. The number of hydrogen-bond donors (Lipinski definition) is 1. The molecule has 0 atom stereocenters. The third kappa shape index (κ3) is 2.47. The molecule has 0 aliphatic heterocycles. The third-order valence-corrected chi connectivity index (χ3v) is 5.31. The van der Waals surface area contributed by atoms with Gasteiger partial charge in [0.15, 0.2) is 11.2 Å². The quantitative estimate of drug-likeness (QED) is 0.519. The zero-order chi connectivity index (χ0) is 20.1. The highest BCUT2D eigenvalue weighted by Crippen LogP contribution is 2.30. The van der Waals surface area contributed by atoms with Crippen molar-refractivity contribution in [2.24, 2.45) is 7.05 Å². The maximum atomic E-state index is 12.6. The number of fused-ring (bicyclic) bond motifs is 3. The molecule has 0 saturated heterocycles. The van der Waals surface area contributed by atoms with Gasteiger partial charge in [0.25, 0.3) is 5.56 Å². The number of nitrogens with zero attached hydrogens (tertiary/aromatic N) is 4. The molecule has 3 heterocycles. The van der Waals surface area contributed by atoms with E-state index < -0.39 is 11.2 Å². The summed E-state index contributed by atoms with van der Waals surface area (Å²) in [5.41, 5.74) is 3.88. The van der Waals surface area contributed by atoms with Crippen LogP contribution in [-0.4, -0.2) is 23.5 Å². The Kier molecular flexibility index (Phi) is 3.77. The first-order valence-corrected chi connectivity index (χ1v) is 9.46. The lowest BCUT2D eigenvalue weighted by Crippen LogP contribution is -2.28. The van der Waals surface area contributed by atoms with E-state index in [1.54, 1.807) is 11.4 Å². The van der Waals surface area contributed by atoms with Crippen molar-refractivity contribution in [2.75, 3.05) is 0 Å². The van der Waals surface area contributed by atoms with Crippen LogP contribution in [0, 0.1) is 0 Å². The van der Waals surface area contributed by atoms with E-state index in [2.05, 4.69) is 22.5 Å². The molecule has 0 fully saturated rings. The van der Waals surface area contributed by atoms with Gasteiger partial charge >= 0.3 is 5.69 Å². The molecule has 5 aromatic rings. The zero-order valence-electron chi connectivity index (χ0n) is 16.1. The molecule has 0 amide bonds. The predicted octanol–water partition coefficient (Wildman–Crippen LogP) is 2.89. The summed E-state index contributed by atoms with van der Waals surface area (Å²) in [6.45, 7) is 2.11. The van der Waals surface area contributed by atoms with Crippen LogP contribution < -0.4 is 11.2 Å². The van der Waals surface area contributed by atoms with Gasteiger partial charge in [0.1, 0.15) is 0 Å². The first-order chi connectivity index (χ1) is 14.1. The van der Waals surface area contributed by atoms with Crippen LogP contribution >= 0.6 is 0 Å². The number of hydrogen-bond acceptors (Lipinski definition) is 3. The number of H-pyrrole nitrogens is 1. The van der Waals surface area contributed by atoms with Gasteiger partial charge in [-0.3, -0.25) is 23.3 Å². The summed E-state index contributed by atoms with van der Waals surface area (Å²) >= 11 is 0. The minimum Gasteiger partial charge on any atom is -0.279 e. The van der Waals surface area contributed by atoms with Crippen molar-refractivity contribution in [2.45, 2.75) is 13.3 Å². The van der Waals surface area contributed by atoms with Crippen LogP contribution in [0.15, 0.2) is 70.4 Å². The molecule has 0 aliphatic carbocycles. The standard InChI is InChI=1S/C22H19N5O2/c1-3-14-9-7-8-12-16(14)27-17(15-10-5-4-6-11-15)13-26-18-19(23-21(26)27)25(2)22(29)24-20(18)28/h4-13H,3H2,1-2H3,(H,24,28,29). The van der Waals surface area contributed by atoms with Crippen molar-refractivity contribution in [3.8, 4) is 16.9 Å². The monoisotopic (exact) mass is 385 g/mol. The largest absolute Gasteiger partial charge is 0.329 e. The van der Waals surface area contributed by atoms with E-state index in [0.29, 0.717) is 16.9 Å². The lowest BCUT2D eigenvalue weighted by atomic mass is 10.1. The van der Waals surface area contributed by atoms with E-state index in [1.165, 1.54) is 4.57 Å². The van der Waals surface area contributed by atoms with Crippen molar-refractivity contribution in [1.29, 1.82) is 0 Å². The molecule has 3 aromatic heterocycles. The molecule has 7 heteroatoms. The van der Waals surface area contributed by atoms with Crippen LogP contribution in [-0.2, 0) is 13.5 Å². The highest BCUT2D eigenvalue weighted by Gasteiger charge is 2.21. The number of rotatable bonds is 3. The van der Waals surface area contributed by atoms with E-state index in [1.807, 2.05) is 54.7 Å². The summed E-state index contributed by atoms with van der Waals surface area (Å²) in [4.78, 5) is 31.7. The second-order valence-corrected chi connectivity index (χ2v) is 6.97. The van der Waals surface area contributed by atoms with Crippen molar-refractivity contribution < 1.29 is 0 Å². The fourth-order valence-corrected chi connectivity index (χ4v) is 3.84. The Hall–Kier alpha value is -3.87. The summed E-state index contributed by atoms with van der Waals surface area (Å²) in [7, 11) is 1.61. The van der Waals surface area contributed by atoms with Crippen molar-refractivity contribution in [3.63, 3.8) is 0 Å². The Balaban J connectivity index is 1.99. The first kappa shape index (κ1) is 17.2. The lowest BCUT2D eigenvalue weighted by molar-refractivity contribution is 0.831.